The van der Waals surface area contributed by atoms with Crippen molar-refractivity contribution < 1.29 is 22.3 Å². The van der Waals surface area contributed by atoms with Gasteiger partial charge in [0.1, 0.15) is 11.6 Å². The fourth-order valence-corrected chi connectivity index (χ4v) is 4.30. The summed E-state index contributed by atoms with van der Waals surface area (Å²) in [7, 11) is -1.80. The van der Waals surface area contributed by atoms with Crippen molar-refractivity contribution in [2.75, 3.05) is 24.8 Å². The van der Waals surface area contributed by atoms with E-state index in [-0.39, 0.29) is 23.2 Å². The largest absolute Gasteiger partial charge is 0.496 e. The fourth-order valence-electron chi connectivity index (χ4n) is 3.67. The van der Waals surface area contributed by atoms with E-state index < -0.39 is 9.84 Å². The summed E-state index contributed by atoms with van der Waals surface area (Å²) in [4.78, 5) is 15.3. The molecule has 4 rings (SSSR count). The molecule has 158 valence electrons. The molecule has 0 bridgehead atoms. The lowest BCUT2D eigenvalue weighted by Gasteiger charge is -2.17. The van der Waals surface area contributed by atoms with Crippen molar-refractivity contribution in [2.24, 2.45) is 0 Å². The second kappa shape index (κ2) is 8.00. The number of nitrogens with zero attached hydrogens (tertiary/aromatic N) is 1. The van der Waals surface area contributed by atoms with Crippen LogP contribution in [0.1, 0.15) is 11.1 Å². The van der Waals surface area contributed by atoms with Gasteiger partial charge in [0, 0.05) is 17.5 Å². The summed E-state index contributed by atoms with van der Waals surface area (Å²) in [5, 5.41) is 0. The van der Waals surface area contributed by atoms with E-state index in [1.54, 1.807) is 35.2 Å². The van der Waals surface area contributed by atoms with E-state index in [1.165, 1.54) is 31.4 Å². The maximum absolute atomic E-state index is 13.5. The molecule has 1 aliphatic heterocycles. The molecule has 0 atom stereocenters. The third kappa shape index (κ3) is 3.96. The number of ether oxygens (including phenoxy) is 1. The van der Waals surface area contributed by atoms with E-state index in [4.69, 9.17) is 4.74 Å². The van der Waals surface area contributed by atoms with Gasteiger partial charge in [-0.25, -0.2) is 12.8 Å². The van der Waals surface area contributed by atoms with E-state index in [9.17, 15) is 17.6 Å². The molecule has 0 saturated heterocycles. The van der Waals surface area contributed by atoms with Crippen LogP contribution in [-0.2, 0) is 14.6 Å². The molecule has 0 saturated carbocycles. The Kier molecular flexibility index (Phi) is 5.37. The van der Waals surface area contributed by atoms with Crippen LogP contribution in [0, 0.1) is 5.82 Å². The molecule has 5 nitrogen and oxygen atoms in total. The van der Waals surface area contributed by atoms with Crippen LogP contribution in [0.15, 0.2) is 77.7 Å². The molecule has 31 heavy (non-hydrogen) atoms. The van der Waals surface area contributed by atoms with Crippen LogP contribution in [0.3, 0.4) is 0 Å². The Morgan fingerprint density at radius 2 is 1.58 bits per heavy atom. The quantitative estimate of drug-likeness (QED) is 0.600. The summed E-state index contributed by atoms with van der Waals surface area (Å²) < 4.78 is 42.5. The second-order valence-electron chi connectivity index (χ2n) is 7.22. The van der Waals surface area contributed by atoms with Gasteiger partial charge in [-0.3, -0.25) is 4.79 Å². The number of methoxy groups -OCH3 is 1. The van der Waals surface area contributed by atoms with Crippen molar-refractivity contribution in [1.29, 1.82) is 0 Å². The van der Waals surface area contributed by atoms with Crippen molar-refractivity contribution in [2.45, 2.75) is 4.90 Å². The number of hydrogen-bond donors (Lipinski definition) is 0. The lowest BCUT2D eigenvalue weighted by Crippen LogP contribution is -2.26. The molecule has 3 aromatic rings. The molecule has 0 N–H and O–H groups in total. The monoisotopic (exact) mass is 437 g/mol. The van der Waals surface area contributed by atoms with Gasteiger partial charge in [-0.2, -0.15) is 0 Å². The topological polar surface area (TPSA) is 63.7 Å². The number of amides is 1. The van der Waals surface area contributed by atoms with Gasteiger partial charge >= 0.3 is 0 Å². The Morgan fingerprint density at radius 3 is 2.19 bits per heavy atom. The Labute approximate surface area is 180 Å². The summed E-state index contributed by atoms with van der Waals surface area (Å²) in [5.41, 5.74) is 3.14. The van der Waals surface area contributed by atoms with Gasteiger partial charge in [0.15, 0.2) is 9.84 Å². The Balaban J connectivity index is 1.86. The van der Waals surface area contributed by atoms with Crippen LogP contribution in [0.25, 0.3) is 11.1 Å². The van der Waals surface area contributed by atoms with Gasteiger partial charge in [0.05, 0.1) is 24.1 Å². The zero-order valence-corrected chi connectivity index (χ0v) is 17.8. The molecule has 0 radical (unpaired) electrons. The fraction of sp³-hybridized carbons (Fsp3) is 0.125. The summed E-state index contributed by atoms with van der Waals surface area (Å²) in [6, 6.07) is 19.4. The minimum atomic E-state index is -3.34. The van der Waals surface area contributed by atoms with Crippen molar-refractivity contribution in [3.8, 4) is 5.75 Å². The number of halogens is 1. The number of carbonyl (C=O) groups is 1. The van der Waals surface area contributed by atoms with Crippen LogP contribution in [0.5, 0.6) is 5.75 Å². The number of rotatable bonds is 5. The van der Waals surface area contributed by atoms with Crippen molar-refractivity contribution in [3.63, 3.8) is 0 Å². The molecule has 0 aromatic heterocycles. The second-order valence-corrected chi connectivity index (χ2v) is 9.23. The van der Waals surface area contributed by atoms with Crippen LogP contribution >= 0.6 is 0 Å². The third-order valence-corrected chi connectivity index (χ3v) is 6.35. The van der Waals surface area contributed by atoms with E-state index in [2.05, 4.69) is 0 Å². The highest BCUT2D eigenvalue weighted by atomic mass is 32.2. The normalized spacial score (nSPS) is 14.3. The molecule has 7 heteroatoms. The predicted molar refractivity (Wildman–Crippen MR) is 118 cm³/mol. The SMILES string of the molecule is COc1ccccc1C1=C(c2ccc(S(C)(=O)=O)cc2)CN(c2ccc(F)cc2)C1=O. The zero-order chi connectivity index (χ0) is 22.2. The minimum Gasteiger partial charge on any atom is -0.496 e. The number of sulfone groups is 1. The Hall–Kier alpha value is -3.45. The summed E-state index contributed by atoms with van der Waals surface area (Å²) in [6.07, 6.45) is 1.15. The third-order valence-electron chi connectivity index (χ3n) is 5.22. The molecule has 1 heterocycles. The van der Waals surface area contributed by atoms with Gasteiger partial charge in [-0.1, -0.05) is 30.3 Å². The van der Waals surface area contributed by atoms with E-state index in [1.807, 2.05) is 18.2 Å². The number of hydrogen-bond acceptors (Lipinski definition) is 4. The summed E-state index contributed by atoms with van der Waals surface area (Å²) in [5.74, 6) is -0.0692. The van der Waals surface area contributed by atoms with Gasteiger partial charge < -0.3 is 9.64 Å². The van der Waals surface area contributed by atoms with Gasteiger partial charge in [0.25, 0.3) is 5.91 Å². The molecule has 0 unspecified atom stereocenters. The molecule has 1 aliphatic rings. The van der Waals surface area contributed by atoms with E-state index in [0.29, 0.717) is 22.6 Å². The minimum absolute atomic E-state index is 0.204. The van der Waals surface area contributed by atoms with Gasteiger partial charge in [-0.05, 0) is 53.6 Å². The standard InChI is InChI=1S/C24H20FNO4S/c1-30-22-6-4-3-5-20(22)23-21(16-7-13-19(14-8-16)31(2,28)29)15-26(24(23)27)18-11-9-17(25)10-12-18/h3-14H,15H2,1-2H3. The zero-order valence-electron chi connectivity index (χ0n) is 17.0. The maximum atomic E-state index is 13.5. The number of carbonyl (C=O) groups excluding carboxylic acids is 1. The van der Waals surface area contributed by atoms with E-state index in [0.717, 1.165) is 17.4 Å². The summed E-state index contributed by atoms with van der Waals surface area (Å²) >= 11 is 0. The van der Waals surface area contributed by atoms with Gasteiger partial charge in [0.2, 0.25) is 0 Å². The highest BCUT2D eigenvalue weighted by Gasteiger charge is 2.34. The molecular formula is C24H20FNO4S. The average molecular weight is 437 g/mol. The maximum Gasteiger partial charge on any atom is 0.259 e. The first-order valence-electron chi connectivity index (χ1n) is 9.54. The average Bonchev–Trinajstić information content (AvgIpc) is 3.10. The van der Waals surface area contributed by atoms with Crippen LogP contribution in [0.2, 0.25) is 0 Å². The van der Waals surface area contributed by atoms with Crippen LogP contribution < -0.4 is 9.64 Å². The lowest BCUT2D eigenvalue weighted by atomic mass is 9.96. The predicted octanol–water partition coefficient (Wildman–Crippen LogP) is 4.20. The van der Waals surface area contributed by atoms with Gasteiger partial charge in [-0.15, -0.1) is 0 Å². The van der Waals surface area contributed by atoms with Crippen molar-refractivity contribution in [1.82, 2.24) is 0 Å². The number of benzene rings is 3. The number of para-hydroxylation sites is 1. The molecule has 1 amide bonds. The number of anilines is 1. The lowest BCUT2D eigenvalue weighted by molar-refractivity contribution is -0.112. The molecular weight excluding hydrogens is 417 g/mol. The van der Waals surface area contributed by atoms with Crippen LogP contribution in [-0.4, -0.2) is 34.2 Å². The van der Waals surface area contributed by atoms with Crippen molar-refractivity contribution >= 4 is 32.6 Å². The highest BCUT2D eigenvalue weighted by Crippen LogP contribution is 2.40. The summed E-state index contributed by atoms with van der Waals surface area (Å²) in [6.45, 7) is 0.260. The molecule has 0 fully saturated rings. The highest BCUT2D eigenvalue weighted by molar-refractivity contribution is 7.90. The van der Waals surface area contributed by atoms with Crippen molar-refractivity contribution in [3.05, 3.63) is 89.7 Å². The first-order valence-corrected chi connectivity index (χ1v) is 11.4. The molecule has 0 aliphatic carbocycles. The smallest absolute Gasteiger partial charge is 0.259 e. The van der Waals surface area contributed by atoms with E-state index >= 15 is 0 Å². The molecule has 0 spiro atoms. The Morgan fingerprint density at radius 1 is 0.935 bits per heavy atom. The first kappa shape index (κ1) is 20.8. The molecule has 3 aromatic carbocycles. The first-order chi connectivity index (χ1) is 14.8. The Bertz CT molecular complexity index is 1280. The van der Waals surface area contributed by atoms with Crippen LogP contribution in [0.4, 0.5) is 10.1 Å².